The highest BCUT2D eigenvalue weighted by Crippen LogP contribution is 2.36. The van der Waals surface area contributed by atoms with Crippen molar-refractivity contribution < 1.29 is 14.4 Å². The van der Waals surface area contributed by atoms with E-state index in [9.17, 15) is 4.79 Å². The van der Waals surface area contributed by atoms with Crippen molar-refractivity contribution in [2.75, 3.05) is 7.11 Å². The lowest BCUT2D eigenvalue weighted by Crippen LogP contribution is -2.13. The summed E-state index contributed by atoms with van der Waals surface area (Å²) in [6.07, 6.45) is 1.77. The zero-order valence-corrected chi connectivity index (χ0v) is 18.0. The Morgan fingerprint density at radius 2 is 2.04 bits per heavy atom. The van der Waals surface area contributed by atoms with E-state index in [0.29, 0.717) is 11.3 Å². The van der Waals surface area contributed by atoms with Crippen LogP contribution in [0, 0.1) is 0 Å². The second-order valence-electron chi connectivity index (χ2n) is 5.98. The van der Waals surface area contributed by atoms with Gasteiger partial charge in [0.05, 0.1) is 18.4 Å². The molecule has 1 N–H and O–H groups in total. The van der Waals surface area contributed by atoms with E-state index >= 15 is 0 Å². The van der Waals surface area contributed by atoms with Gasteiger partial charge in [0.15, 0.2) is 0 Å². The SMILES string of the molecule is C=C(NOCc1c(C(=CC)C(=O)OC)sc2ccccc12)c1cccc(Br)c1. The standard InChI is InChI=1S/C22H20BrNO3S/c1-4-17(22(25)26-3)21-19(18-10-5-6-11-20(18)28-21)13-27-24-14(2)15-8-7-9-16(23)12-15/h4-12,24H,2,13H2,1,3H3. The molecule has 0 aliphatic carbocycles. The van der Waals surface area contributed by atoms with Gasteiger partial charge in [0, 0.05) is 25.2 Å². The van der Waals surface area contributed by atoms with Gasteiger partial charge < -0.3 is 4.74 Å². The number of halogens is 1. The number of hydrogen-bond donors (Lipinski definition) is 1. The van der Waals surface area contributed by atoms with Crippen LogP contribution in [0.5, 0.6) is 0 Å². The molecule has 0 fully saturated rings. The fraction of sp³-hybridized carbons (Fsp3) is 0.136. The van der Waals surface area contributed by atoms with Crippen LogP contribution >= 0.6 is 27.3 Å². The lowest BCUT2D eigenvalue weighted by molar-refractivity contribution is -0.133. The van der Waals surface area contributed by atoms with E-state index in [1.165, 1.54) is 7.11 Å². The number of benzene rings is 2. The van der Waals surface area contributed by atoms with E-state index in [1.807, 2.05) is 55.5 Å². The minimum atomic E-state index is -0.359. The molecule has 0 aliphatic rings. The van der Waals surface area contributed by atoms with Crippen LogP contribution in [0.1, 0.15) is 22.9 Å². The van der Waals surface area contributed by atoms with Gasteiger partial charge in [-0.3, -0.25) is 10.3 Å². The monoisotopic (exact) mass is 457 g/mol. The zero-order chi connectivity index (χ0) is 20.1. The Hall–Kier alpha value is -2.41. The second kappa shape index (κ2) is 9.19. The molecule has 4 nitrogen and oxygen atoms in total. The Morgan fingerprint density at radius 1 is 1.25 bits per heavy atom. The third-order valence-corrected chi connectivity index (χ3v) is 5.96. The molecule has 0 bridgehead atoms. The van der Waals surface area contributed by atoms with Gasteiger partial charge in [0.25, 0.3) is 0 Å². The summed E-state index contributed by atoms with van der Waals surface area (Å²) in [4.78, 5) is 18.8. The largest absolute Gasteiger partial charge is 0.465 e. The molecule has 0 saturated carbocycles. The maximum absolute atomic E-state index is 12.2. The third kappa shape index (κ3) is 4.35. The number of hydroxylamine groups is 1. The second-order valence-corrected chi connectivity index (χ2v) is 7.95. The molecule has 0 atom stereocenters. The molecule has 28 heavy (non-hydrogen) atoms. The molecule has 0 unspecified atom stereocenters. The van der Waals surface area contributed by atoms with Crippen LogP contribution in [-0.2, 0) is 21.0 Å². The summed E-state index contributed by atoms with van der Waals surface area (Å²) in [5.74, 6) is -0.359. The molecule has 144 valence electrons. The first-order valence-corrected chi connectivity index (χ1v) is 10.2. The predicted molar refractivity (Wildman–Crippen MR) is 119 cm³/mol. The van der Waals surface area contributed by atoms with Crippen LogP contribution < -0.4 is 5.48 Å². The third-order valence-electron chi connectivity index (χ3n) is 4.22. The first-order valence-electron chi connectivity index (χ1n) is 8.63. The van der Waals surface area contributed by atoms with Crippen molar-refractivity contribution in [3.05, 3.63) is 81.7 Å². The summed E-state index contributed by atoms with van der Waals surface area (Å²) in [6, 6.07) is 15.8. The molecule has 1 aromatic heterocycles. The number of hydrogen-bond acceptors (Lipinski definition) is 5. The van der Waals surface area contributed by atoms with Crippen molar-refractivity contribution in [1.29, 1.82) is 0 Å². The Morgan fingerprint density at radius 3 is 2.75 bits per heavy atom. The van der Waals surface area contributed by atoms with E-state index < -0.39 is 0 Å². The minimum absolute atomic E-state index is 0.278. The van der Waals surface area contributed by atoms with Crippen molar-refractivity contribution >= 4 is 54.6 Å². The Kier molecular flexibility index (Phi) is 6.67. The van der Waals surface area contributed by atoms with Crippen LogP contribution in [-0.4, -0.2) is 13.1 Å². The average Bonchev–Trinajstić information content (AvgIpc) is 3.06. The Balaban J connectivity index is 1.84. The van der Waals surface area contributed by atoms with Gasteiger partial charge in [0.1, 0.15) is 6.61 Å². The number of allylic oxidation sites excluding steroid dienone is 1. The van der Waals surface area contributed by atoms with Gasteiger partial charge in [-0.1, -0.05) is 58.9 Å². The van der Waals surface area contributed by atoms with Crippen LogP contribution in [0.3, 0.4) is 0 Å². The molecule has 1 heterocycles. The van der Waals surface area contributed by atoms with Gasteiger partial charge in [-0.05, 0) is 30.5 Å². The highest BCUT2D eigenvalue weighted by Gasteiger charge is 2.20. The maximum atomic E-state index is 12.2. The van der Waals surface area contributed by atoms with E-state index in [1.54, 1.807) is 17.4 Å². The number of rotatable bonds is 7. The number of thiophene rings is 1. The molecule has 0 radical (unpaired) electrons. The molecule has 0 spiro atoms. The number of esters is 1. The van der Waals surface area contributed by atoms with Crippen LogP contribution in [0.15, 0.2) is 65.7 Å². The molecule has 0 aliphatic heterocycles. The summed E-state index contributed by atoms with van der Waals surface area (Å²) in [5.41, 5.74) is 5.96. The van der Waals surface area contributed by atoms with Gasteiger partial charge in [-0.15, -0.1) is 11.3 Å². The Bertz CT molecular complexity index is 1050. The van der Waals surface area contributed by atoms with Crippen molar-refractivity contribution in [2.45, 2.75) is 13.5 Å². The van der Waals surface area contributed by atoms with Crippen molar-refractivity contribution in [3.63, 3.8) is 0 Å². The number of carbonyl (C=O) groups excluding carboxylic acids is 1. The lowest BCUT2D eigenvalue weighted by Gasteiger charge is -2.12. The number of fused-ring (bicyclic) bond motifs is 1. The molecule has 3 aromatic rings. The van der Waals surface area contributed by atoms with E-state index in [4.69, 9.17) is 9.57 Å². The highest BCUT2D eigenvalue weighted by atomic mass is 79.9. The molecular formula is C22H20BrNO3S. The Labute approximate surface area is 176 Å². The summed E-state index contributed by atoms with van der Waals surface area (Å²) in [5, 5.41) is 1.06. The first-order chi connectivity index (χ1) is 13.5. The first kappa shape index (κ1) is 20.3. The van der Waals surface area contributed by atoms with Crippen LogP contribution in [0.25, 0.3) is 21.4 Å². The summed E-state index contributed by atoms with van der Waals surface area (Å²) in [6.45, 7) is 6.13. The van der Waals surface area contributed by atoms with Crippen molar-refractivity contribution in [2.24, 2.45) is 0 Å². The van der Waals surface area contributed by atoms with E-state index in [-0.39, 0.29) is 12.6 Å². The smallest absolute Gasteiger partial charge is 0.338 e. The fourth-order valence-corrected chi connectivity index (χ4v) is 4.51. The fourth-order valence-electron chi connectivity index (χ4n) is 2.84. The summed E-state index contributed by atoms with van der Waals surface area (Å²) >= 11 is 5.00. The summed E-state index contributed by atoms with van der Waals surface area (Å²) < 4.78 is 7.00. The van der Waals surface area contributed by atoms with Gasteiger partial charge in [-0.2, -0.15) is 0 Å². The minimum Gasteiger partial charge on any atom is -0.465 e. The van der Waals surface area contributed by atoms with E-state index in [2.05, 4.69) is 28.0 Å². The highest BCUT2D eigenvalue weighted by molar-refractivity contribution is 9.10. The molecule has 6 heteroatoms. The summed E-state index contributed by atoms with van der Waals surface area (Å²) in [7, 11) is 1.39. The molecule has 2 aromatic carbocycles. The predicted octanol–water partition coefficient (Wildman–Crippen LogP) is 5.93. The average molecular weight is 458 g/mol. The normalized spacial score (nSPS) is 11.5. The molecular weight excluding hydrogens is 438 g/mol. The quantitative estimate of drug-likeness (QED) is 0.271. The van der Waals surface area contributed by atoms with Crippen LogP contribution in [0.4, 0.5) is 0 Å². The maximum Gasteiger partial charge on any atom is 0.338 e. The van der Waals surface area contributed by atoms with Crippen LogP contribution in [0.2, 0.25) is 0 Å². The lowest BCUT2D eigenvalue weighted by atomic mass is 10.1. The number of carbonyl (C=O) groups is 1. The van der Waals surface area contributed by atoms with Gasteiger partial charge in [-0.25, -0.2) is 4.79 Å². The molecule has 0 amide bonds. The van der Waals surface area contributed by atoms with Gasteiger partial charge >= 0.3 is 5.97 Å². The van der Waals surface area contributed by atoms with Gasteiger partial charge in [0.2, 0.25) is 0 Å². The van der Waals surface area contributed by atoms with Crippen molar-refractivity contribution in [3.8, 4) is 0 Å². The number of nitrogens with one attached hydrogen (secondary N) is 1. The van der Waals surface area contributed by atoms with E-state index in [0.717, 1.165) is 30.6 Å². The number of ether oxygens (including phenoxy) is 1. The zero-order valence-electron chi connectivity index (χ0n) is 15.6. The number of methoxy groups -OCH3 is 1. The topological polar surface area (TPSA) is 47.6 Å². The molecule has 0 saturated heterocycles. The van der Waals surface area contributed by atoms with Crippen molar-refractivity contribution in [1.82, 2.24) is 5.48 Å². The molecule has 3 rings (SSSR count).